The largest absolute Gasteiger partial charge is 0.380 e. The van der Waals surface area contributed by atoms with Crippen molar-refractivity contribution in [2.75, 3.05) is 32.8 Å². The van der Waals surface area contributed by atoms with Crippen molar-refractivity contribution in [3.63, 3.8) is 0 Å². The molecule has 0 heterocycles. The van der Waals surface area contributed by atoms with Crippen LogP contribution in [0.3, 0.4) is 0 Å². The summed E-state index contributed by atoms with van der Waals surface area (Å²) < 4.78 is 5.44. The molecular formula is C12H26N2O2. The number of hydrogen-bond acceptors (Lipinski definition) is 3. The van der Waals surface area contributed by atoms with Gasteiger partial charge in [0.2, 0.25) is 5.91 Å². The van der Waals surface area contributed by atoms with Gasteiger partial charge < -0.3 is 15.4 Å². The van der Waals surface area contributed by atoms with Gasteiger partial charge in [0.25, 0.3) is 0 Å². The monoisotopic (exact) mass is 230 g/mol. The topological polar surface area (TPSA) is 50.4 Å². The summed E-state index contributed by atoms with van der Waals surface area (Å²) in [4.78, 5) is 11.1. The molecule has 4 nitrogen and oxygen atoms in total. The van der Waals surface area contributed by atoms with E-state index in [1.165, 1.54) is 0 Å². The van der Waals surface area contributed by atoms with Crippen LogP contribution in [0.2, 0.25) is 0 Å². The molecule has 0 saturated carbocycles. The summed E-state index contributed by atoms with van der Waals surface area (Å²) in [5.41, 5.74) is 0. The van der Waals surface area contributed by atoms with Crippen molar-refractivity contribution in [2.45, 2.75) is 33.6 Å². The fourth-order valence-corrected chi connectivity index (χ4v) is 1.18. The average molecular weight is 230 g/mol. The lowest BCUT2D eigenvalue weighted by Gasteiger charge is -2.07. The van der Waals surface area contributed by atoms with Crippen LogP contribution in [0.15, 0.2) is 0 Å². The Morgan fingerprint density at radius 2 is 2.00 bits per heavy atom. The summed E-state index contributed by atoms with van der Waals surface area (Å²) in [7, 11) is 0. The Bertz CT molecular complexity index is 172. The molecule has 0 saturated heterocycles. The molecule has 0 fully saturated rings. The summed E-state index contributed by atoms with van der Waals surface area (Å²) >= 11 is 0. The van der Waals surface area contributed by atoms with Gasteiger partial charge in [0.1, 0.15) is 0 Å². The van der Waals surface area contributed by atoms with Crippen LogP contribution >= 0.6 is 0 Å². The van der Waals surface area contributed by atoms with Crippen molar-refractivity contribution in [3.8, 4) is 0 Å². The summed E-state index contributed by atoms with van der Waals surface area (Å²) in [6.07, 6.45) is 1.65. The number of carbonyl (C=O) groups is 1. The molecule has 0 aliphatic heterocycles. The van der Waals surface area contributed by atoms with Crippen LogP contribution in [0.1, 0.15) is 33.6 Å². The van der Waals surface area contributed by atoms with Gasteiger partial charge in [-0.3, -0.25) is 4.79 Å². The van der Waals surface area contributed by atoms with E-state index in [1.54, 1.807) is 0 Å². The van der Waals surface area contributed by atoms with E-state index in [4.69, 9.17) is 4.74 Å². The summed E-state index contributed by atoms with van der Waals surface area (Å²) in [6, 6.07) is 0. The Kier molecular flexibility index (Phi) is 10.5. The summed E-state index contributed by atoms with van der Waals surface area (Å²) in [5.74, 6) is 0.807. The van der Waals surface area contributed by atoms with Crippen LogP contribution in [0, 0.1) is 5.92 Å². The van der Waals surface area contributed by atoms with Gasteiger partial charge in [0.15, 0.2) is 0 Å². The van der Waals surface area contributed by atoms with Crippen LogP contribution in [-0.4, -0.2) is 38.8 Å². The molecule has 96 valence electrons. The molecule has 0 unspecified atom stereocenters. The molecule has 0 bridgehead atoms. The highest BCUT2D eigenvalue weighted by Gasteiger charge is 1.98. The highest BCUT2D eigenvalue weighted by atomic mass is 16.5. The number of nitrogens with one attached hydrogen (secondary N) is 2. The van der Waals surface area contributed by atoms with E-state index in [0.717, 1.165) is 32.7 Å². The molecular weight excluding hydrogens is 204 g/mol. The molecule has 0 aromatic rings. The van der Waals surface area contributed by atoms with E-state index in [2.05, 4.69) is 24.5 Å². The van der Waals surface area contributed by atoms with Crippen LogP contribution in [-0.2, 0) is 9.53 Å². The average Bonchev–Trinajstić information content (AvgIpc) is 2.22. The van der Waals surface area contributed by atoms with Gasteiger partial charge in [-0.05, 0) is 19.3 Å². The minimum atomic E-state index is 0.107. The molecule has 16 heavy (non-hydrogen) atoms. The third-order valence-corrected chi connectivity index (χ3v) is 2.17. The van der Waals surface area contributed by atoms with E-state index >= 15 is 0 Å². The number of hydrogen-bond donors (Lipinski definition) is 2. The van der Waals surface area contributed by atoms with Crippen molar-refractivity contribution < 1.29 is 9.53 Å². The lowest BCUT2D eigenvalue weighted by Crippen LogP contribution is -2.28. The standard InChI is InChI=1S/C12H26N2O2/c1-4-14-12(15)5-7-13-8-10-16-9-6-11(2)3/h11,13H,4-10H2,1-3H3,(H,14,15). The Hall–Kier alpha value is -0.610. The first kappa shape index (κ1) is 15.4. The zero-order valence-electron chi connectivity index (χ0n) is 10.8. The molecule has 0 rings (SSSR count). The lowest BCUT2D eigenvalue weighted by atomic mass is 10.1. The van der Waals surface area contributed by atoms with Gasteiger partial charge in [0.05, 0.1) is 6.61 Å². The smallest absolute Gasteiger partial charge is 0.221 e. The van der Waals surface area contributed by atoms with Crippen LogP contribution in [0.4, 0.5) is 0 Å². The third-order valence-electron chi connectivity index (χ3n) is 2.17. The van der Waals surface area contributed by atoms with E-state index < -0.39 is 0 Å². The molecule has 2 N–H and O–H groups in total. The van der Waals surface area contributed by atoms with Gasteiger partial charge in [-0.1, -0.05) is 13.8 Å². The summed E-state index contributed by atoms with van der Waals surface area (Å²) in [5, 5.41) is 5.94. The molecule has 0 aliphatic rings. The second-order valence-corrected chi connectivity index (χ2v) is 4.25. The van der Waals surface area contributed by atoms with Crippen molar-refractivity contribution >= 4 is 5.91 Å². The Morgan fingerprint density at radius 1 is 1.25 bits per heavy atom. The first-order chi connectivity index (χ1) is 7.66. The Balaban J connectivity index is 3.07. The van der Waals surface area contributed by atoms with Crippen molar-refractivity contribution in [2.24, 2.45) is 5.92 Å². The second kappa shape index (κ2) is 10.9. The molecule has 0 aromatic carbocycles. The van der Waals surface area contributed by atoms with Gasteiger partial charge in [-0.15, -0.1) is 0 Å². The predicted molar refractivity (Wildman–Crippen MR) is 66.4 cm³/mol. The zero-order valence-corrected chi connectivity index (χ0v) is 10.8. The molecule has 4 heteroatoms. The molecule has 0 atom stereocenters. The van der Waals surface area contributed by atoms with Gasteiger partial charge in [0, 0.05) is 32.7 Å². The quantitative estimate of drug-likeness (QED) is 0.554. The second-order valence-electron chi connectivity index (χ2n) is 4.25. The number of ether oxygens (including phenoxy) is 1. The normalized spacial score (nSPS) is 10.8. The van der Waals surface area contributed by atoms with Crippen molar-refractivity contribution in [1.82, 2.24) is 10.6 Å². The van der Waals surface area contributed by atoms with Gasteiger partial charge in [-0.2, -0.15) is 0 Å². The van der Waals surface area contributed by atoms with E-state index in [0.29, 0.717) is 18.9 Å². The number of rotatable bonds is 10. The molecule has 1 amide bonds. The maximum Gasteiger partial charge on any atom is 0.221 e. The van der Waals surface area contributed by atoms with E-state index in [9.17, 15) is 4.79 Å². The van der Waals surface area contributed by atoms with Crippen LogP contribution < -0.4 is 10.6 Å². The maximum absolute atomic E-state index is 11.1. The lowest BCUT2D eigenvalue weighted by molar-refractivity contribution is -0.120. The fourth-order valence-electron chi connectivity index (χ4n) is 1.18. The molecule has 0 radical (unpaired) electrons. The zero-order chi connectivity index (χ0) is 12.2. The predicted octanol–water partition coefficient (Wildman–Crippen LogP) is 1.16. The Labute approximate surface area is 99.1 Å². The van der Waals surface area contributed by atoms with Crippen molar-refractivity contribution in [1.29, 1.82) is 0 Å². The number of carbonyl (C=O) groups excluding carboxylic acids is 1. The first-order valence-electron chi connectivity index (χ1n) is 6.22. The highest BCUT2D eigenvalue weighted by molar-refractivity contribution is 5.75. The maximum atomic E-state index is 11.1. The first-order valence-corrected chi connectivity index (χ1v) is 6.22. The molecule has 0 spiro atoms. The minimum Gasteiger partial charge on any atom is -0.380 e. The molecule has 0 aromatic heterocycles. The Morgan fingerprint density at radius 3 is 2.62 bits per heavy atom. The minimum absolute atomic E-state index is 0.107. The van der Waals surface area contributed by atoms with Gasteiger partial charge in [-0.25, -0.2) is 0 Å². The highest BCUT2D eigenvalue weighted by Crippen LogP contribution is 1.98. The summed E-state index contributed by atoms with van der Waals surface area (Å²) in [6.45, 7) is 10.1. The third kappa shape index (κ3) is 11.5. The van der Waals surface area contributed by atoms with Crippen LogP contribution in [0.25, 0.3) is 0 Å². The number of amides is 1. The van der Waals surface area contributed by atoms with E-state index in [1.807, 2.05) is 6.92 Å². The van der Waals surface area contributed by atoms with Gasteiger partial charge >= 0.3 is 0 Å². The fraction of sp³-hybridized carbons (Fsp3) is 0.917. The molecule has 0 aliphatic carbocycles. The SMILES string of the molecule is CCNC(=O)CCNCCOCCC(C)C. The van der Waals surface area contributed by atoms with E-state index in [-0.39, 0.29) is 5.91 Å². The van der Waals surface area contributed by atoms with Crippen molar-refractivity contribution in [3.05, 3.63) is 0 Å². The van der Waals surface area contributed by atoms with Crippen LogP contribution in [0.5, 0.6) is 0 Å².